The topological polar surface area (TPSA) is 61.3 Å². The van der Waals surface area contributed by atoms with Crippen LogP contribution in [0.25, 0.3) is 0 Å². The van der Waals surface area contributed by atoms with Crippen molar-refractivity contribution in [2.24, 2.45) is 0 Å². The van der Waals surface area contributed by atoms with Gasteiger partial charge >= 0.3 is 0 Å². The second-order valence-electron chi connectivity index (χ2n) is 5.56. The summed E-state index contributed by atoms with van der Waals surface area (Å²) in [6.07, 6.45) is 3.08. The predicted octanol–water partition coefficient (Wildman–Crippen LogP) is 2.73. The Kier molecular flexibility index (Phi) is 4.97. The molecule has 1 aromatic heterocycles. The number of benzene rings is 1. The van der Waals surface area contributed by atoms with Gasteiger partial charge in [-0.1, -0.05) is 6.07 Å². The lowest BCUT2D eigenvalue weighted by Crippen LogP contribution is -2.17. The molecule has 0 unspecified atom stereocenters. The van der Waals surface area contributed by atoms with Gasteiger partial charge in [-0.2, -0.15) is 5.10 Å². The van der Waals surface area contributed by atoms with Crippen LogP contribution in [-0.2, 0) is 17.7 Å². The second kappa shape index (κ2) is 7.14. The van der Waals surface area contributed by atoms with E-state index in [9.17, 15) is 0 Å². The van der Waals surface area contributed by atoms with E-state index in [2.05, 4.69) is 10.2 Å². The molecule has 1 fully saturated rings. The fraction of sp³-hybridized carbons (Fsp3) is 0.500. The van der Waals surface area contributed by atoms with Gasteiger partial charge in [0, 0.05) is 13.0 Å². The standard InChI is InChI=1S/C16H21N3O3S/c1-20-13-6-5-11(8-14(13)21-2)9-15-17-18-16(23)19(15)10-12-4-3-7-22-12/h5-6,8,12H,3-4,7,9-10H2,1-2H3,(H,18,23)/t12-/m1/s1. The first kappa shape index (κ1) is 16.0. The molecule has 1 saturated heterocycles. The number of aromatic nitrogens is 3. The first-order valence-electron chi connectivity index (χ1n) is 7.68. The van der Waals surface area contributed by atoms with Crippen molar-refractivity contribution in [3.63, 3.8) is 0 Å². The highest BCUT2D eigenvalue weighted by molar-refractivity contribution is 7.71. The first-order chi connectivity index (χ1) is 11.2. The van der Waals surface area contributed by atoms with Crippen LogP contribution in [0.1, 0.15) is 24.2 Å². The van der Waals surface area contributed by atoms with Gasteiger partial charge in [-0.15, -0.1) is 0 Å². The number of nitrogens with one attached hydrogen (secondary N) is 1. The highest BCUT2D eigenvalue weighted by Gasteiger charge is 2.19. The number of hydrogen-bond acceptors (Lipinski definition) is 5. The van der Waals surface area contributed by atoms with E-state index >= 15 is 0 Å². The first-order valence-corrected chi connectivity index (χ1v) is 8.08. The third-order valence-electron chi connectivity index (χ3n) is 4.06. The summed E-state index contributed by atoms with van der Waals surface area (Å²) < 4.78 is 19.0. The molecule has 3 rings (SSSR count). The van der Waals surface area contributed by atoms with Crippen LogP contribution in [0, 0.1) is 4.77 Å². The Bertz CT molecular complexity index is 720. The monoisotopic (exact) mass is 335 g/mol. The fourth-order valence-corrected chi connectivity index (χ4v) is 3.06. The van der Waals surface area contributed by atoms with Gasteiger partial charge in [0.15, 0.2) is 16.3 Å². The number of hydrogen-bond donors (Lipinski definition) is 1. The molecular weight excluding hydrogens is 314 g/mol. The van der Waals surface area contributed by atoms with Gasteiger partial charge in [0.05, 0.1) is 26.9 Å². The molecule has 124 valence electrons. The van der Waals surface area contributed by atoms with E-state index in [4.69, 9.17) is 26.4 Å². The Morgan fingerprint density at radius 1 is 1.35 bits per heavy atom. The third kappa shape index (κ3) is 3.56. The minimum absolute atomic E-state index is 0.225. The van der Waals surface area contributed by atoms with Crippen LogP contribution in [0.2, 0.25) is 0 Å². The van der Waals surface area contributed by atoms with Crippen molar-refractivity contribution in [2.75, 3.05) is 20.8 Å². The van der Waals surface area contributed by atoms with Crippen molar-refractivity contribution in [3.05, 3.63) is 34.4 Å². The fourth-order valence-electron chi connectivity index (χ4n) is 2.84. The number of methoxy groups -OCH3 is 2. The van der Waals surface area contributed by atoms with Gasteiger partial charge in [0.2, 0.25) is 0 Å². The van der Waals surface area contributed by atoms with Crippen LogP contribution < -0.4 is 9.47 Å². The maximum atomic E-state index is 5.71. The van der Waals surface area contributed by atoms with Crippen molar-refractivity contribution in [3.8, 4) is 11.5 Å². The Hall–Kier alpha value is -1.86. The molecule has 0 saturated carbocycles. The van der Waals surface area contributed by atoms with Crippen molar-refractivity contribution in [2.45, 2.75) is 31.9 Å². The molecule has 1 aliphatic heterocycles. The molecule has 0 bridgehead atoms. The SMILES string of the molecule is COc1ccc(Cc2n[nH]c(=S)n2C[C@H]2CCCO2)cc1OC. The van der Waals surface area contributed by atoms with Gasteiger partial charge in [0.1, 0.15) is 5.82 Å². The van der Waals surface area contributed by atoms with Crippen LogP contribution in [0.4, 0.5) is 0 Å². The average molecular weight is 335 g/mol. The number of nitrogens with zero attached hydrogens (tertiary/aromatic N) is 2. The van der Waals surface area contributed by atoms with Gasteiger partial charge in [-0.05, 0) is 42.8 Å². The lowest BCUT2D eigenvalue weighted by atomic mass is 10.1. The molecule has 7 heteroatoms. The number of H-pyrrole nitrogens is 1. The molecular formula is C16H21N3O3S. The molecule has 1 aromatic carbocycles. The Morgan fingerprint density at radius 3 is 2.87 bits per heavy atom. The average Bonchev–Trinajstić information content (AvgIpc) is 3.20. The number of aromatic amines is 1. The van der Waals surface area contributed by atoms with Crippen molar-refractivity contribution in [1.82, 2.24) is 14.8 Å². The van der Waals surface area contributed by atoms with Gasteiger partial charge < -0.3 is 18.8 Å². The van der Waals surface area contributed by atoms with Gasteiger partial charge in [0.25, 0.3) is 0 Å². The summed E-state index contributed by atoms with van der Waals surface area (Å²) in [7, 11) is 3.26. The van der Waals surface area contributed by atoms with Crippen LogP contribution in [0.3, 0.4) is 0 Å². The molecule has 1 atom stereocenters. The predicted molar refractivity (Wildman–Crippen MR) is 88.7 cm³/mol. The Labute approximate surface area is 140 Å². The van der Waals surface area contributed by atoms with E-state index in [-0.39, 0.29) is 6.10 Å². The normalized spacial score (nSPS) is 17.4. The number of rotatable bonds is 6. The molecule has 23 heavy (non-hydrogen) atoms. The molecule has 1 aliphatic rings. The summed E-state index contributed by atoms with van der Waals surface area (Å²) in [5.74, 6) is 2.33. The zero-order valence-corrected chi connectivity index (χ0v) is 14.2. The second-order valence-corrected chi connectivity index (χ2v) is 5.94. The van der Waals surface area contributed by atoms with Crippen LogP contribution in [0.15, 0.2) is 18.2 Å². The summed E-state index contributed by atoms with van der Waals surface area (Å²) in [5.41, 5.74) is 1.09. The minimum Gasteiger partial charge on any atom is -0.493 e. The van der Waals surface area contributed by atoms with Gasteiger partial charge in [-0.3, -0.25) is 5.10 Å². The van der Waals surface area contributed by atoms with Crippen LogP contribution >= 0.6 is 12.2 Å². The van der Waals surface area contributed by atoms with E-state index in [1.807, 2.05) is 22.8 Å². The van der Waals surface area contributed by atoms with E-state index in [1.165, 1.54) is 0 Å². The smallest absolute Gasteiger partial charge is 0.195 e. The Balaban J connectivity index is 1.81. The minimum atomic E-state index is 0.225. The van der Waals surface area contributed by atoms with Crippen molar-refractivity contribution >= 4 is 12.2 Å². The quantitative estimate of drug-likeness (QED) is 0.823. The third-order valence-corrected chi connectivity index (χ3v) is 4.37. The molecule has 0 aliphatic carbocycles. The molecule has 0 spiro atoms. The van der Waals surface area contributed by atoms with E-state index < -0.39 is 0 Å². The highest BCUT2D eigenvalue weighted by Crippen LogP contribution is 2.28. The molecule has 0 amide bonds. The zero-order chi connectivity index (χ0) is 16.2. The Morgan fingerprint density at radius 2 is 2.17 bits per heavy atom. The van der Waals surface area contributed by atoms with Crippen molar-refractivity contribution in [1.29, 1.82) is 0 Å². The van der Waals surface area contributed by atoms with Crippen LogP contribution in [-0.4, -0.2) is 41.7 Å². The zero-order valence-electron chi connectivity index (χ0n) is 13.4. The summed E-state index contributed by atoms with van der Waals surface area (Å²) >= 11 is 5.36. The van der Waals surface area contributed by atoms with E-state index in [0.29, 0.717) is 16.9 Å². The maximum absolute atomic E-state index is 5.71. The lowest BCUT2D eigenvalue weighted by Gasteiger charge is -2.13. The molecule has 0 radical (unpaired) electrons. The maximum Gasteiger partial charge on any atom is 0.195 e. The highest BCUT2D eigenvalue weighted by atomic mass is 32.1. The summed E-state index contributed by atoms with van der Waals surface area (Å²) in [6.45, 7) is 1.58. The molecule has 2 aromatic rings. The molecule has 1 N–H and O–H groups in total. The summed E-state index contributed by atoms with van der Waals surface area (Å²) in [5, 5.41) is 7.26. The summed E-state index contributed by atoms with van der Waals surface area (Å²) in [4.78, 5) is 0. The molecule has 6 nitrogen and oxygen atoms in total. The summed E-state index contributed by atoms with van der Waals surface area (Å²) in [6, 6.07) is 5.88. The lowest BCUT2D eigenvalue weighted by molar-refractivity contribution is 0.0960. The van der Waals surface area contributed by atoms with E-state index in [0.717, 1.165) is 43.1 Å². The number of ether oxygens (including phenoxy) is 3. The van der Waals surface area contributed by atoms with Crippen LogP contribution in [0.5, 0.6) is 11.5 Å². The van der Waals surface area contributed by atoms with E-state index in [1.54, 1.807) is 14.2 Å². The van der Waals surface area contributed by atoms with Crippen molar-refractivity contribution < 1.29 is 14.2 Å². The largest absolute Gasteiger partial charge is 0.493 e. The van der Waals surface area contributed by atoms with Gasteiger partial charge in [-0.25, -0.2) is 0 Å². The molecule has 2 heterocycles.